The summed E-state index contributed by atoms with van der Waals surface area (Å²) in [6, 6.07) is 26.6. The van der Waals surface area contributed by atoms with Gasteiger partial charge in [-0.15, -0.1) is 11.3 Å². The molecule has 0 bridgehead atoms. The summed E-state index contributed by atoms with van der Waals surface area (Å²) in [6.07, 6.45) is 1.88. The number of allylic oxidation sites excluding steroid dienone is 1. The van der Waals surface area contributed by atoms with Crippen LogP contribution in [0.3, 0.4) is 0 Å². The van der Waals surface area contributed by atoms with Crippen molar-refractivity contribution < 1.29 is 0 Å². The van der Waals surface area contributed by atoms with Crippen molar-refractivity contribution in [3.63, 3.8) is 0 Å². The number of fused-ring (bicyclic) bond motifs is 1. The second kappa shape index (κ2) is 6.72. The zero-order chi connectivity index (χ0) is 17.1. The Morgan fingerprint density at radius 3 is 2.52 bits per heavy atom. The van der Waals surface area contributed by atoms with Gasteiger partial charge in [-0.05, 0) is 22.4 Å². The molecular weight excluding hydrogens is 324 g/mol. The summed E-state index contributed by atoms with van der Waals surface area (Å²) in [6.45, 7) is 0. The molecule has 0 radical (unpaired) electrons. The minimum absolute atomic E-state index is 0.586. The number of nitriles is 1. The van der Waals surface area contributed by atoms with Gasteiger partial charge in [0.05, 0.1) is 11.3 Å². The van der Waals surface area contributed by atoms with Gasteiger partial charge in [0.25, 0.3) is 0 Å². The number of hydrogen-bond acceptors (Lipinski definition) is 3. The van der Waals surface area contributed by atoms with Gasteiger partial charge in [0.1, 0.15) is 11.1 Å². The van der Waals surface area contributed by atoms with Gasteiger partial charge < -0.3 is 0 Å². The van der Waals surface area contributed by atoms with Gasteiger partial charge in [-0.2, -0.15) is 5.26 Å². The maximum Gasteiger partial charge on any atom is 0.134 e. The summed E-state index contributed by atoms with van der Waals surface area (Å²) in [5, 5.41) is 14.7. The molecule has 0 unspecified atom stereocenters. The Kier molecular flexibility index (Phi) is 4.12. The van der Waals surface area contributed by atoms with Crippen LogP contribution in [0.5, 0.6) is 0 Å². The normalized spacial score (nSPS) is 11.4. The number of hydrogen-bond donors (Lipinski definition) is 0. The number of nitrogens with zero attached hydrogens (tertiary/aromatic N) is 2. The predicted molar refractivity (Wildman–Crippen MR) is 105 cm³/mol. The molecule has 118 valence electrons. The topological polar surface area (TPSA) is 36.7 Å². The summed E-state index contributed by atoms with van der Waals surface area (Å²) >= 11 is 1.50. The molecule has 1 heterocycles. The minimum atomic E-state index is 0.586. The van der Waals surface area contributed by atoms with Crippen LogP contribution in [-0.2, 0) is 0 Å². The largest absolute Gasteiger partial charge is 0.235 e. The SMILES string of the molecule is N#C/C(=C\c1ccccc1)c1nc(-c2cccc3ccccc23)cs1. The first-order chi connectivity index (χ1) is 12.3. The molecule has 2 nitrogen and oxygen atoms in total. The Bertz CT molecular complexity index is 1100. The number of benzene rings is 3. The molecule has 0 aliphatic heterocycles. The molecule has 0 atom stereocenters. The fraction of sp³-hybridized carbons (Fsp3) is 0. The summed E-state index contributed by atoms with van der Waals surface area (Å²) in [4.78, 5) is 4.73. The third-order valence-electron chi connectivity index (χ3n) is 4.03. The quantitative estimate of drug-likeness (QED) is 0.428. The molecule has 0 fully saturated rings. The molecule has 3 aromatic carbocycles. The van der Waals surface area contributed by atoms with E-state index in [9.17, 15) is 5.26 Å². The van der Waals surface area contributed by atoms with Crippen LogP contribution < -0.4 is 0 Å². The molecule has 4 rings (SSSR count). The van der Waals surface area contributed by atoms with Crippen molar-refractivity contribution in [1.29, 1.82) is 5.26 Å². The van der Waals surface area contributed by atoms with Crippen LogP contribution in [0.1, 0.15) is 10.6 Å². The Balaban J connectivity index is 1.77. The van der Waals surface area contributed by atoms with Crippen LogP contribution in [0.15, 0.2) is 78.2 Å². The molecule has 0 aliphatic rings. The van der Waals surface area contributed by atoms with Crippen LogP contribution in [0, 0.1) is 11.3 Å². The fourth-order valence-corrected chi connectivity index (χ4v) is 3.61. The highest BCUT2D eigenvalue weighted by molar-refractivity contribution is 7.11. The van der Waals surface area contributed by atoms with Crippen molar-refractivity contribution in [2.75, 3.05) is 0 Å². The third-order valence-corrected chi connectivity index (χ3v) is 4.91. The number of aromatic nitrogens is 1. The molecule has 4 aromatic rings. The molecule has 0 amide bonds. The van der Waals surface area contributed by atoms with Gasteiger partial charge in [-0.3, -0.25) is 0 Å². The Labute approximate surface area is 150 Å². The maximum absolute atomic E-state index is 9.54. The molecule has 25 heavy (non-hydrogen) atoms. The maximum atomic E-state index is 9.54. The monoisotopic (exact) mass is 338 g/mol. The summed E-state index contributed by atoms with van der Waals surface area (Å²) < 4.78 is 0. The Morgan fingerprint density at radius 1 is 0.920 bits per heavy atom. The van der Waals surface area contributed by atoms with Crippen LogP contribution in [0.4, 0.5) is 0 Å². The van der Waals surface area contributed by atoms with Gasteiger partial charge in [-0.25, -0.2) is 4.98 Å². The van der Waals surface area contributed by atoms with Crippen LogP contribution in [0.25, 0.3) is 33.7 Å². The smallest absolute Gasteiger partial charge is 0.134 e. The first-order valence-corrected chi connectivity index (χ1v) is 8.84. The average molecular weight is 338 g/mol. The van der Waals surface area contributed by atoms with Crippen molar-refractivity contribution in [2.45, 2.75) is 0 Å². The predicted octanol–water partition coefficient (Wildman–Crippen LogP) is 6.03. The third kappa shape index (κ3) is 3.08. The number of rotatable bonds is 3. The zero-order valence-corrected chi connectivity index (χ0v) is 14.2. The molecule has 0 saturated carbocycles. The van der Waals surface area contributed by atoms with Crippen LogP contribution in [-0.4, -0.2) is 4.98 Å². The van der Waals surface area contributed by atoms with E-state index < -0.39 is 0 Å². The summed E-state index contributed by atoms with van der Waals surface area (Å²) in [5.41, 5.74) is 3.59. The standard InChI is InChI=1S/C22H14N2S/c23-14-18(13-16-7-2-1-3-8-16)22-24-21(15-25-22)20-12-6-10-17-9-4-5-11-19(17)20/h1-13,15H/b18-13+. The fourth-order valence-electron chi connectivity index (χ4n) is 2.83. The Hall–Kier alpha value is -3.22. The number of thiazole rings is 1. The highest BCUT2D eigenvalue weighted by atomic mass is 32.1. The lowest BCUT2D eigenvalue weighted by Gasteiger charge is -2.03. The van der Waals surface area contributed by atoms with E-state index in [2.05, 4.69) is 30.3 Å². The van der Waals surface area contributed by atoms with Crippen molar-refractivity contribution in [2.24, 2.45) is 0 Å². The van der Waals surface area contributed by atoms with Crippen molar-refractivity contribution >= 4 is 33.8 Å². The first kappa shape index (κ1) is 15.3. The van der Waals surface area contributed by atoms with E-state index in [0.29, 0.717) is 5.57 Å². The van der Waals surface area contributed by atoms with E-state index in [0.717, 1.165) is 21.8 Å². The van der Waals surface area contributed by atoms with E-state index in [1.807, 2.05) is 60.0 Å². The van der Waals surface area contributed by atoms with E-state index in [-0.39, 0.29) is 0 Å². The molecule has 0 saturated heterocycles. The zero-order valence-electron chi connectivity index (χ0n) is 13.4. The molecule has 0 N–H and O–H groups in total. The van der Waals surface area contributed by atoms with E-state index in [1.165, 1.54) is 22.1 Å². The Morgan fingerprint density at radius 2 is 1.68 bits per heavy atom. The lowest BCUT2D eigenvalue weighted by atomic mass is 10.0. The van der Waals surface area contributed by atoms with Crippen molar-refractivity contribution in [3.05, 3.63) is 88.7 Å². The molecule has 1 aromatic heterocycles. The lowest BCUT2D eigenvalue weighted by molar-refractivity contribution is 1.38. The van der Waals surface area contributed by atoms with Gasteiger partial charge in [-0.1, -0.05) is 72.8 Å². The van der Waals surface area contributed by atoms with Crippen LogP contribution in [0.2, 0.25) is 0 Å². The molecular formula is C22H14N2S. The summed E-state index contributed by atoms with van der Waals surface area (Å²) in [7, 11) is 0. The summed E-state index contributed by atoms with van der Waals surface area (Å²) in [5.74, 6) is 0. The van der Waals surface area contributed by atoms with Gasteiger partial charge >= 0.3 is 0 Å². The van der Waals surface area contributed by atoms with Gasteiger partial charge in [0.15, 0.2) is 0 Å². The van der Waals surface area contributed by atoms with E-state index in [4.69, 9.17) is 4.98 Å². The minimum Gasteiger partial charge on any atom is -0.235 e. The molecule has 0 aliphatic carbocycles. The van der Waals surface area contributed by atoms with Crippen LogP contribution >= 0.6 is 11.3 Å². The van der Waals surface area contributed by atoms with Crippen molar-refractivity contribution in [3.8, 4) is 17.3 Å². The van der Waals surface area contributed by atoms with Crippen molar-refractivity contribution in [1.82, 2.24) is 4.98 Å². The molecule has 3 heteroatoms. The highest BCUT2D eigenvalue weighted by Crippen LogP contribution is 2.31. The first-order valence-electron chi connectivity index (χ1n) is 7.96. The van der Waals surface area contributed by atoms with E-state index in [1.54, 1.807) is 0 Å². The lowest BCUT2D eigenvalue weighted by Crippen LogP contribution is -1.84. The highest BCUT2D eigenvalue weighted by Gasteiger charge is 2.11. The molecule has 0 spiro atoms. The second-order valence-electron chi connectivity index (χ2n) is 5.65. The second-order valence-corrected chi connectivity index (χ2v) is 6.50. The average Bonchev–Trinajstić information content (AvgIpc) is 3.16. The van der Waals surface area contributed by atoms with E-state index >= 15 is 0 Å². The van der Waals surface area contributed by atoms with Gasteiger partial charge in [0.2, 0.25) is 0 Å². The van der Waals surface area contributed by atoms with Gasteiger partial charge in [0, 0.05) is 10.9 Å².